The first-order valence-corrected chi connectivity index (χ1v) is 13.8. The molecule has 9 nitrogen and oxygen atoms in total. The van der Waals surface area contributed by atoms with Crippen LogP contribution < -0.4 is 11.1 Å². The predicted molar refractivity (Wildman–Crippen MR) is 161 cm³/mol. The number of imidazole rings is 1. The number of nitriles is 1. The third-order valence-electron chi connectivity index (χ3n) is 6.13. The van der Waals surface area contributed by atoms with Gasteiger partial charge in [-0.3, -0.25) is 9.36 Å². The van der Waals surface area contributed by atoms with Crippen LogP contribution in [-0.4, -0.2) is 30.4 Å². The molecule has 4 heterocycles. The van der Waals surface area contributed by atoms with Crippen molar-refractivity contribution in [1.29, 1.82) is 5.26 Å². The molecule has 0 spiro atoms. The number of thiazole rings is 1. The van der Waals surface area contributed by atoms with Gasteiger partial charge in [0, 0.05) is 24.0 Å². The number of nitrogens with zero attached hydrogens (tertiary/aromatic N) is 6. The highest BCUT2D eigenvalue weighted by atomic mass is 32.1. The zero-order valence-corrected chi connectivity index (χ0v) is 23.3. The lowest BCUT2D eigenvalue weighted by Crippen LogP contribution is -2.21. The highest BCUT2D eigenvalue weighted by Crippen LogP contribution is 2.31. The van der Waals surface area contributed by atoms with E-state index in [1.807, 2.05) is 103 Å². The molecule has 3 N–H and O–H groups in total. The van der Waals surface area contributed by atoms with Crippen molar-refractivity contribution in [2.45, 2.75) is 20.4 Å². The Morgan fingerprint density at radius 1 is 0.976 bits per heavy atom. The number of aromatic nitrogens is 5. The predicted octanol–water partition coefficient (Wildman–Crippen LogP) is 6.02. The van der Waals surface area contributed by atoms with Gasteiger partial charge in [0.2, 0.25) is 0 Å². The maximum Gasteiger partial charge on any atom is 0.263 e. The SMILES string of the molecule is CC.N#Cc1ncc(C(=O)NCc2ccc(-n3c(-c4cccnc4N)nc4ccc(-c5ccccc5)nc43)cc2)s1. The zero-order chi connectivity index (χ0) is 28.8. The molecule has 0 unspecified atom stereocenters. The third-order valence-corrected chi connectivity index (χ3v) is 7.03. The number of amides is 1. The Kier molecular flexibility index (Phi) is 8.08. The van der Waals surface area contributed by atoms with Crippen LogP contribution in [0.5, 0.6) is 0 Å². The number of hydrogen-bond donors (Lipinski definition) is 2. The summed E-state index contributed by atoms with van der Waals surface area (Å²) in [7, 11) is 0. The fraction of sp³-hybridized carbons (Fsp3) is 0.0968. The van der Waals surface area contributed by atoms with Crippen molar-refractivity contribution in [3.05, 3.63) is 107 Å². The van der Waals surface area contributed by atoms with Gasteiger partial charge in [-0.25, -0.2) is 19.9 Å². The van der Waals surface area contributed by atoms with Crippen LogP contribution >= 0.6 is 11.3 Å². The standard InChI is InChI=1S/C29H20N8OS.C2H6/c30-15-25-33-17-24(39-25)29(38)34-16-18-8-10-20(11-9-18)37-27(21-7-4-14-32-26(21)31)36-23-13-12-22(35-28(23)37)19-5-2-1-3-6-19;1-2/h1-14,17H,16H2,(H2,31,32)(H,34,38);1-2H3. The van der Waals surface area contributed by atoms with Crippen molar-refractivity contribution in [3.63, 3.8) is 0 Å². The maximum absolute atomic E-state index is 12.4. The molecule has 0 saturated carbocycles. The largest absolute Gasteiger partial charge is 0.383 e. The fourth-order valence-corrected chi connectivity index (χ4v) is 4.85. The van der Waals surface area contributed by atoms with E-state index in [0.29, 0.717) is 34.3 Å². The molecule has 41 heavy (non-hydrogen) atoms. The van der Waals surface area contributed by atoms with Gasteiger partial charge < -0.3 is 11.1 Å². The second kappa shape index (κ2) is 12.2. The molecule has 2 aromatic carbocycles. The van der Waals surface area contributed by atoms with Gasteiger partial charge in [0.05, 0.1) is 17.5 Å². The number of rotatable bonds is 6. The van der Waals surface area contributed by atoms with Gasteiger partial charge >= 0.3 is 0 Å². The molecule has 0 aliphatic heterocycles. The molecular formula is C31H26N8OS. The molecule has 0 bridgehead atoms. The van der Waals surface area contributed by atoms with E-state index in [0.717, 1.165) is 39.4 Å². The van der Waals surface area contributed by atoms with Crippen LogP contribution in [0.4, 0.5) is 5.82 Å². The third kappa shape index (κ3) is 5.66. The van der Waals surface area contributed by atoms with Crippen LogP contribution in [0.2, 0.25) is 0 Å². The molecule has 4 aromatic heterocycles. The van der Waals surface area contributed by atoms with Crippen LogP contribution in [0.15, 0.2) is 91.3 Å². The highest BCUT2D eigenvalue weighted by Gasteiger charge is 2.19. The van der Waals surface area contributed by atoms with Gasteiger partial charge in [-0.15, -0.1) is 0 Å². The Morgan fingerprint density at radius 2 is 1.76 bits per heavy atom. The van der Waals surface area contributed by atoms with Gasteiger partial charge in [0.15, 0.2) is 16.5 Å². The summed E-state index contributed by atoms with van der Waals surface area (Å²) in [4.78, 5) is 30.9. The average Bonchev–Trinajstić information content (AvgIpc) is 3.67. The van der Waals surface area contributed by atoms with E-state index in [1.165, 1.54) is 6.20 Å². The number of fused-ring (bicyclic) bond motifs is 1. The van der Waals surface area contributed by atoms with Crippen LogP contribution in [-0.2, 0) is 6.54 Å². The number of nitrogens with two attached hydrogens (primary N) is 1. The van der Waals surface area contributed by atoms with E-state index in [9.17, 15) is 4.79 Å². The molecule has 0 atom stereocenters. The van der Waals surface area contributed by atoms with Gasteiger partial charge in [-0.2, -0.15) is 5.26 Å². The van der Waals surface area contributed by atoms with E-state index < -0.39 is 0 Å². The molecule has 0 radical (unpaired) electrons. The Balaban J connectivity index is 0.00000165. The Labute approximate surface area is 241 Å². The molecule has 10 heteroatoms. The smallest absolute Gasteiger partial charge is 0.263 e. The second-order valence-electron chi connectivity index (χ2n) is 8.60. The minimum atomic E-state index is -0.273. The second-order valence-corrected chi connectivity index (χ2v) is 9.63. The summed E-state index contributed by atoms with van der Waals surface area (Å²) in [6.07, 6.45) is 3.06. The number of nitrogen functional groups attached to an aromatic ring is 1. The summed E-state index contributed by atoms with van der Waals surface area (Å²) in [6.45, 7) is 4.32. The normalized spacial score (nSPS) is 10.5. The summed E-state index contributed by atoms with van der Waals surface area (Å²) < 4.78 is 1.97. The van der Waals surface area contributed by atoms with Crippen molar-refractivity contribution in [2.75, 3.05) is 5.73 Å². The fourth-order valence-electron chi connectivity index (χ4n) is 4.22. The average molecular weight is 559 g/mol. The molecule has 1 amide bonds. The maximum atomic E-state index is 12.4. The van der Waals surface area contributed by atoms with Crippen molar-refractivity contribution in [3.8, 4) is 34.4 Å². The van der Waals surface area contributed by atoms with Crippen molar-refractivity contribution < 1.29 is 4.79 Å². The molecule has 0 aliphatic carbocycles. The monoisotopic (exact) mass is 558 g/mol. The van der Waals surface area contributed by atoms with E-state index >= 15 is 0 Å². The first-order chi connectivity index (χ1) is 20.1. The Morgan fingerprint density at radius 3 is 2.46 bits per heavy atom. The summed E-state index contributed by atoms with van der Waals surface area (Å²) in [5.41, 5.74) is 11.9. The van der Waals surface area contributed by atoms with Crippen molar-refractivity contribution in [1.82, 2.24) is 29.8 Å². The van der Waals surface area contributed by atoms with E-state index in [1.54, 1.807) is 6.20 Å². The lowest BCUT2D eigenvalue weighted by Gasteiger charge is -2.12. The van der Waals surface area contributed by atoms with Crippen molar-refractivity contribution >= 4 is 34.2 Å². The lowest BCUT2D eigenvalue weighted by atomic mass is 10.1. The molecule has 0 aliphatic rings. The summed E-state index contributed by atoms with van der Waals surface area (Å²) >= 11 is 1.06. The molecule has 0 saturated heterocycles. The number of carbonyl (C=O) groups excluding carboxylic acids is 1. The topological polar surface area (TPSA) is 135 Å². The lowest BCUT2D eigenvalue weighted by molar-refractivity contribution is 0.0954. The van der Waals surface area contributed by atoms with Gasteiger partial charge in [0.25, 0.3) is 5.91 Å². The summed E-state index contributed by atoms with van der Waals surface area (Å²) in [5.74, 6) is 0.734. The summed E-state index contributed by atoms with van der Waals surface area (Å²) in [6, 6.07) is 27.3. The molecule has 0 fully saturated rings. The molecular weight excluding hydrogens is 532 g/mol. The number of carbonyl (C=O) groups is 1. The summed E-state index contributed by atoms with van der Waals surface area (Å²) in [5, 5.41) is 12.1. The number of benzene rings is 2. The van der Waals surface area contributed by atoms with Crippen LogP contribution in [0.25, 0.3) is 39.5 Å². The Hall–Kier alpha value is -5.40. The number of pyridine rings is 2. The van der Waals surface area contributed by atoms with Gasteiger partial charge in [-0.1, -0.05) is 67.6 Å². The number of nitrogens with one attached hydrogen (secondary N) is 1. The molecule has 202 valence electrons. The first-order valence-electron chi connectivity index (χ1n) is 13.0. The Bertz CT molecular complexity index is 1850. The van der Waals surface area contributed by atoms with Crippen LogP contribution in [0, 0.1) is 11.3 Å². The van der Waals surface area contributed by atoms with Crippen LogP contribution in [0.3, 0.4) is 0 Å². The number of hydrogen-bond acceptors (Lipinski definition) is 8. The van der Waals surface area contributed by atoms with E-state index in [4.69, 9.17) is 21.0 Å². The quantitative estimate of drug-likeness (QED) is 0.255. The molecule has 6 aromatic rings. The highest BCUT2D eigenvalue weighted by molar-refractivity contribution is 7.14. The van der Waals surface area contributed by atoms with Crippen LogP contribution in [0.1, 0.15) is 34.1 Å². The number of anilines is 1. The first kappa shape index (κ1) is 27.2. The molecule has 6 rings (SSSR count). The minimum Gasteiger partial charge on any atom is -0.383 e. The van der Waals surface area contributed by atoms with Gasteiger partial charge in [0.1, 0.15) is 22.3 Å². The van der Waals surface area contributed by atoms with E-state index in [2.05, 4.69) is 15.3 Å². The van der Waals surface area contributed by atoms with E-state index in [-0.39, 0.29) is 10.9 Å². The zero-order valence-electron chi connectivity index (χ0n) is 22.4. The minimum absolute atomic E-state index is 0.256. The van der Waals surface area contributed by atoms with Gasteiger partial charge in [-0.05, 0) is 42.0 Å². The van der Waals surface area contributed by atoms with Crippen molar-refractivity contribution in [2.24, 2.45) is 0 Å².